The summed E-state index contributed by atoms with van der Waals surface area (Å²) in [6, 6.07) is 2.93. The van der Waals surface area contributed by atoms with Gasteiger partial charge in [0.25, 0.3) is 29.5 Å². The van der Waals surface area contributed by atoms with Crippen molar-refractivity contribution >= 4 is 82.1 Å². The van der Waals surface area contributed by atoms with Crippen LogP contribution in [0.25, 0.3) is 0 Å². The number of hydrogen-bond acceptors (Lipinski definition) is 20. The Morgan fingerprint density at radius 2 is 0.800 bits per heavy atom. The fraction of sp³-hybridized carbons (Fsp3) is 0.550. The molecule has 0 atom stereocenters. The Bertz CT molecular complexity index is 3300. The minimum absolute atomic E-state index is 0.00136. The van der Waals surface area contributed by atoms with Crippen molar-refractivity contribution < 1.29 is 76.4 Å². The summed E-state index contributed by atoms with van der Waals surface area (Å²) < 4.78 is 40.1. The molecule has 35 nitrogen and oxygen atoms in total. The van der Waals surface area contributed by atoms with Crippen molar-refractivity contribution in [2.24, 2.45) is 35.2 Å². The highest BCUT2D eigenvalue weighted by Crippen LogP contribution is 2.17. The van der Waals surface area contributed by atoms with E-state index in [1.54, 1.807) is 52.2 Å². The first-order valence-electron chi connectivity index (χ1n) is 31.0. The molecule has 5 rings (SSSR count). The SMILES string of the molecule is CC(=O)NCCOCCOCCOCCOCCOCCOCCC(=O)NCCCN(C)CCCNC(=O)CCNC(=O)c1nc(NC(=O)CCNC(=O)c2cc(NC(=O)c3nc(NC(=O)CCNC(=O)c4cc(NC(=O)c5nccn5C)cn4C)cn3C)cn2C)cn1C. The van der Waals surface area contributed by atoms with Gasteiger partial charge in [-0.3, -0.25) is 47.9 Å². The maximum Gasteiger partial charge on any atom is 0.291 e. The second-order valence-corrected chi connectivity index (χ2v) is 21.6. The second kappa shape index (κ2) is 42.0. The lowest BCUT2D eigenvalue weighted by Gasteiger charge is -2.16. The van der Waals surface area contributed by atoms with Crippen LogP contribution in [0.2, 0.25) is 0 Å². The Morgan fingerprint density at radius 3 is 1.24 bits per heavy atom. The third-order valence-electron chi connectivity index (χ3n) is 13.7. The summed E-state index contributed by atoms with van der Waals surface area (Å²) in [4.78, 5) is 140. The van der Waals surface area contributed by atoms with Crippen LogP contribution >= 0.6 is 0 Å². The predicted octanol–water partition coefficient (Wildman–Crippen LogP) is -0.724. The molecule has 0 saturated carbocycles. The van der Waals surface area contributed by atoms with Crippen molar-refractivity contribution in [3.05, 3.63) is 78.2 Å². The third-order valence-corrected chi connectivity index (χ3v) is 13.7. The van der Waals surface area contributed by atoms with Crippen LogP contribution in [0.4, 0.5) is 23.0 Å². The number of rotatable bonds is 47. The van der Waals surface area contributed by atoms with Crippen LogP contribution in [0, 0.1) is 0 Å². The van der Waals surface area contributed by atoms with Crippen molar-refractivity contribution in [1.82, 2.24) is 74.6 Å². The summed E-state index contributed by atoms with van der Waals surface area (Å²) in [6.45, 7) is 9.32. The summed E-state index contributed by atoms with van der Waals surface area (Å²) in [6.07, 6.45) is 10.6. The van der Waals surface area contributed by atoms with Crippen LogP contribution in [-0.2, 0) is 87.6 Å². The van der Waals surface area contributed by atoms with Crippen LogP contribution in [0.1, 0.15) is 98.3 Å². The highest BCUT2D eigenvalue weighted by molar-refractivity contribution is 6.05. The molecular formula is C60H91N19O16. The summed E-state index contributed by atoms with van der Waals surface area (Å²) in [5.41, 5.74) is 1.06. The molecule has 0 aliphatic rings. The zero-order valence-electron chi connectivity index (χ0n) is 55.1. The van der Waals surface area contributed by atoms with E-state index in [2.05, 4.69) is 73.0 Å². The van der Waals surface area contributed by atoms with E-state index in [-0.39, 0.29) is 116 Å². The Kier molecular flexibility index (Phi) is 33.8. The summed E-state index contributed by atoms with van der Waals surface area (Å²) in [7, 11) is 10.0. The van der Waals surface area contributed by atoms with Crippen molar-refractivity contribution in [3.63, 3.8) is 0 Å². The van der Waals surface area contributed by atoms with Crippen LogP contribution in [0.5, 0.6) is 0 Å². The monoisotopic (exact) mass is 1330 g/mol. The number of hydrogen-bond donors (Lipinski definition) is 10. The van der Waals surface area contributed by atoms with E-state index in [0.717, 1.165) is 19.5 Å². The molecule has 0 spiro atoms. The topological polar surface area (TPSA) is 413 Å². The zero-order valence-corrected chi connectivity index (χ0v) is 55.1. The summed E-state index contributed by atoms with van der Waals surface area (Å²) >= 11 is 0. The molecule has 5 aromatic heterocycles. The molecule has 0 aliphatic heterocycles. The fourth-order valence-corrected chi connectivity index (χ4v) is 8.80. The van der Waals surface area contributed by atoms with E-state index < -0.39 is 41.4 Å². The van der Waals surface area contributed by atoms with Crippen molar-refractivity contribution in [2.45, 2.75) is 45.4 Å². The average molecular weight is 1330 g/mol. The lowest BCUT2D eigenvalue weighted by molar-refractivity contribution is -0.122. The molecule has 5 heterocycles. The molecule has 0 unspecified atom stereocenters. The van der Waals surface area contributed by atoms with Gasteiger partial charge in [-0.25, -0.2) is 15.0 Å². The number of anilines is 4. The minimum atomic E-state index is -0.637. The molecule has 0 saturated heterocycles. The molecule has 10 amide bonds. The molecule has 522 valence electrons. The molecule has 0 bridgehead atoms. The van der Waals surface area contributed by atoms with Crippen molar-refractivity contribution in [1.29, 1.82) is 0 Å². The number of imidazole rings is 3. The lowest BCUT2D eigenvalue weighted by Crippen LogP contribution is -2.33. The number of aromatic nitrogens is 8. The van der Waals surface area contributed by atoms with Gasteiger partial charge in [-0.1, -0.05) is 0 Å². The quantitative estimate of drug-likeness (QED) is 0.0215. The number of aryl methyl sites for hydroxylation is 5. The van der Waals surface area contributed by atoms with Gasteiger partial charge in [-0.2, -0.15) is 0 Å². The Hall–Kier alpha value is -9.39. The Morgan fingerprint density at radius 1 is 0.400 bits per heavy atom. The first-order chi connectivity index (χ1) is 45.7. The number of nitrogens with one attached hydrogen (secondary N) is 10. The summed E-state index contributed by atoms with van der Waals surface area (Å²) in [5, 5.41) is 27.0. The molecular weight excluding hydrogens is 1240 g/mol. The molecule has 0 aromatic carbocycles. The van der Waals surface area contributed by atoms with Crippen LogP contribution < -0.4 is 53.2 Å². The molecule has 0 aliphatic carbocycles. The van der Waals surface area contributed by atoms with Gasteiger partial charge < -0.3 is 109 Å². The van der Waals surface area contributed by atoms with Gasteiger partial charge in [0.15, 0.2) is 17.5 Å². The number of carbonyl (C=O) groups is 10. The highest BCUT2D eigenvalue weighted by Gasteiger charge is 2.21. The number of nitrogens with zero attached hydrogens (tertiary/aromatic N) is 9. The second-order valence-electron chi connectivity index (χ2n) is 21.6. The van der Waals surface area contributed by atoms with E-state index in [9.17, 15) is 47.9 Å². The van der Waals surface area contributed by atoms with Gasteiger partial charge in [0, 0.05) is 144 Å². The van der Waals surface area contributed by atoms with Crippen LogP contribution in [0.3, 0.4) is 0 Å². The maximum absolute atomic E-state index is 13.3. The lowest BCUT2D eigenvalue weighted by atomic mass is 10.3. The molecule has 0 radical (unpaired) electrons. The van der Waals surface area contributed by atoms with Crippen molar-refractivity contribution in [3.8, 4) is 0 Å². The molecule has 95 heavy (non-hydrogen) atoms. The number of amides is 10. The van der Waals surface area contributed by atoms with Gasteiger partial charge in [-0.05, 0) is 45.1 Å². The molecule has 5 aromatic rings. The van der Waals surface area contributed by atoms with E-state index in [1.165, 1.54) is 62.1 Å². The van der Waals surface area contributed by atoms with Gasteiger partial charge in [-0.15, -0.1) is 0 Å². The van der Waals surface area contributed by atoms with E-state index in [4.69, 9.17) is 28.4 Å². The first-order valence-corrected chi connectivity index (χ1v) is 31.0. The Labute approximate surface area is 550 Å². The van der Waals surface area contributed by atoms with Gasteiger partial charge in [0.05, 0.1) is 90.7 Å². The largest absolute Gasteiger partial charge is 0.379 e. The van der Waals surface area contributed by atoms with E-state index in [0.29, 0.717) is 104 Å². The number of ether oxygens (including phenoxy) is 6. The maximum atomic E-state index is 13.3. The van der Waals surface area contributed by atoms with Crippen molar-refractivity contribution in [2.75, 3.05) is 160 Å². The smallest absolute Gasteiger partial charge is 0.291 e. The van der Waals surface area contributed by atoms with Gasteiger partial charge in [0.1, 0.15) is 11.4 Å². The fourth-order valence-electron chi connectivity index (χ4n) is 8.80. The standard InChI is InChI=1S/C60H91N19O16/c1-42(80)61-20-25-91-27-29-93-31-33-95-35-34-94-32-30-92-28-26-90-24-13-50(82)63-15-9-22-74(2)21-8-14-62-49(81)10-16-67-58(87)54-72-47(40-78(54)6)70-51(83)11-17-66-57(86)46-37-44(39-77(46)5)69-60(89)55-73-48(41-79(55)7)71-52(84)12-18-65-56(85)45-36-43(38-76(45)4)68-59(88)53-64-19-23-75(53)3/h19,23,36-41H,8-18,20-22,24-35H2,1-7H3,(H,61,80)(H,62,81)(H,63,82)(H,65,85)(H,66,86)(H,67,87)(H,68,88)(H,69,89)(H,70,83)(H,71,84). The van der Waals surface area contributed by atoms with E-state index in [1.807, 2.05) is 7.05 Å². The first kappa shape index (κ1) is 76.3. The highest BCUT2D eigenvalue weighted by atomic mass is 16.6. The van der Waals surface area contributed by atoms with E-state index >= 15 is 0 Å². The molecule has 35 heteroatoms. The summed E-state index contributed by atoms with van der Waals surface area (Å²) in [5.74, 6) is -3.70. The number of carbonyl (C=O) groups excluding carboxylic acids is 10. The minimum Gasteiger partial charge on any atom is -0.379 e. The molecule has 0 fully saturated rings. The van der Waals surface area contributed by atoms with Crippen LogP contribution in [0.15, 0.2) is 49.3 Å². The van der Waals surface area contributed by atoms with Crippen LogP contribution in [-0.4, -0.2) is 240 Å². The zero-order chi connectivity index (χ0) is 68.9. The molecule has 10 N–H and O–H groups in total. The normalized spacial score (nSPS) is 11.1. The Balaban J connectivity index is 0.835. The predicted molar refractivity (Wildman–Crippen MR) is 345 cm³/mol. The third kappa shape index (κ3) is 29.2. The van der Waals surface area contributed by atoms with Gasteiger partial charge in [0.2, 0.25) is 41.2 Å². The average Bonchev–Trinajstić information content (AvgIpc) is 1.72. The van der Waals surface area contributed by atoms with Gasteiger partial charge >= 0.3 is 0 Å².